The van der Waals surface area contributed by atoms with Crippen molar-refractivity contribution < 1.29 is 0 Å². The zero-order chi connectivity index (χ0) is 12.8. The summed E-state index contributed by atoms with van der Waals surface area (Å²) in [5, 5.41) is 1.09. The van der Waals surface area contributed by atoms with Crippen LogP contribution in [0.4, 0.5) is 0 Å². The Bertz CT molecular complexity index is 175. The SMILES string of the molecule is CN(C)CCCN(C)CC(CBr)C(C)(C)C. The monoisotopic (exact) mass is 292 g/mol. The summed E-state index contributed by atoms with van der Waals surface area (Å²) in [4.78, 5) is 4.71. The predicted octanol–water partition coefficient (Wildman–Crippen LogP) is 2.93. The molecule has 0 bridgehead atoms. The molecule has 0 aromatic heterocycles. The fourth-order valence-electron chi connectivity index (χ4n) is 1.68. The lowest BCUT2D eigenvalue weighted by atomic mass is 9.82. The molecule has 0 spiro atoms. The maximum absolute atomic E-state index is 3.64. The molecule has 0 aliphatic carbocycles. The average molecular weight is 293 g/mol. The van der Waals surface area contributed by atoms with Gasteiger partial charge in [0.15, 0.2) is 0 Å². The van der Waals surface area contributed by atoms with Crippen LogP contribution in [-0.4, -0.2) is 55.9 Å². The van der Waals surface area contributed by atoms with E-state index in [9.17, 15) is 0 Å². The van der Waals surface area contributed by atoms with Crippen LogP contribution >= 0.6 is 15.9 Å². The van der Waals surface area contributed by atoms with Crippen molar-refractivity contribution in [2.45, 2.75) is 27.2 Å². The average Bonchev–Trinajstić information content (AvgIpc) is 2.11. The van der Waals surface area contributed by atoms with E-state index in [1.54, 1.807) is 0 Å². The van der Waals surface area contributed by atoms with E-state index in [0.29, 0.717) is 5.41 Å². The standard InChI is InChI=1S/C13H29BrN2/c1-13(2,3)12(10-14)11-16(6)9-7-8-15(4)5/h12H,7-11H2,1-6H3. The highest BCUT2D eigenvalue weighted by atomic mass is 79.9. The van der Waals surface area contributed by atoms with Gasteiger partial charge in [-0.2, -0.15) is 0 Å². The van der Waals surface area contributed by atoms with Gasteiger partial charge in [-0.3, -0.25) is 0 Å². The van der Waals surface area contributed by atoms with Gasteiger partial charge in [-0.1, -0.05) is 36.7 Å². The highest BCUT2D eigenvalue weighted by Gasteiger charge is 2.24. The highest BCUT2D eigenvalue weighted by molar-refractivity contribution is 9.09. The molecule has 0 radical (unpaired) electrons. The molecule has 0 aromatic rings. The number of nitrogens with zero attached hydrogens (tertiary/aromatic N) is 2. The highest BCUT2D eigenvalue weighted by Crippen LogP contribution is 2.27. The third-order valence-electron chi connectivity index (χ3n) is 3.09. The number of halogens is 1. The minimum absolute atomic E-state index is 0.388. The van der Waals surface area contributed by atoms with Gasteiger partial charge in [0.05, 0.1) is 0 Å². The Hall–Kier alpha value is 0.400. The minimum Gasteiger partial charge on any atom is -0.309 e. The summed E-state index contributed by atoms with van der Waals surface area (Å²) in [5.41, 5.74) is 0.388. The third-order valence-corrected chi connectivity index (χ3v) is 3.87. The Morgan fingerprint density at radius 3 is 2.00 bits per heavy atom. The first-order valence-electron chi connectivity index (χ1n) is 6.16. The minimum atomic E-state index is 0.388. The van der Waals surface area contributed by atoms with Crippen molar-refractivity contribution in [3.63, 3.8) is 0 Å². The van der Waals surface area contributed by atoms with Crippen LogP contribution in [0.3, 0.4) is 0 Å². The largest absolute Gasteiger partial charge is 0.309 e. The molecule has 0 saturated carbocycles. The summed E-state index contributed by atoms with van der Waals surface area (Å²) < 4.78 is 0. The molecule has 0 aliphatic heterocycles. The van der Waals surface area contributed by atoms with Crippen molar-refractivity contribution in [1.82, 2.24) is 9.80 Å². The summed E-state index contributed by atoms with van der Waals surface area (Å²) in [7, 11) is 6.50. The lowest BCUT2D eigenvalue weighted by molar-refractivity contribution is 0.183. The Balaban J connectivity index is 3.88. The molecular formula is C13H29BrN2. The van der Waals surface area contributed by atoms with E-state index >= 15 is 0 Å². The molecule has 0 aromatic carbocycles. The van der Waals surface area contributed by atoms with Gasteiger partial charge in [-0.25, -0.2) is 0 Å². The zero-order valence-electron chi connectivity index (χ0n) is 11.9. The Morgan fingerprint density at radius 2 is 1.62 bits per heavy atom. The zero-order valence-corrected chi connectivity index (χ0v) is 13.5. The topological polar surface area (TPSA) is 6.48 Å². The van der Waals surface area contributed by atoms with E-state index < -0.39 is 0 Å². The second-order valence-electron chi connectivity index (χ2n) is 6.14. The molecule has 0 aliphatic rings. The summed E-state index contributed by atoms with van der Waals surface area (Å²) >= 11 is 3.64. The van der Waals surface area contributed by atoms with Gasteiger partial charge in [-0.15, -0.1) is 0 Å². The van der Waals surface area contributed by atoms with Crippen molar-refractivity contribution in [1.29, 1.82) is 0 Å². The van der Waals surface area contributed by atoms with Crippen molar-refractivity contribution in [3.05, 3.63) is 0 Å². The molecular weight excluding hydrogens is 264 g/mol. The first kappa shape index (κ1) is 16.4. The van der Waals surface area contributed by atoms with Gasteiger partial charge in [-0.05, 0) is 52.0 Å². The van der Waals surface area contributed by atoms with Gasteiger partial charge in [0, 0.05) is 11.9 Å². The first-order chi connectivity index (χ1) is 7.27. The van der Waals surface area contributed by atoms with Crippen LogP contribution in [0.5, 0.6) is 0 Å². The number of rotatable bonds is 7. The lowest BCUT2D eigenvalue weighted by Gasteiger charge is -2.33. The summed E-state index contributed by atoms with van der Waals surface area (Å²) in [6, 6.07) is 0. The number of alkyl halides is 1. The quantitative estimate of drug-likeness (QED) is 0.666. The van der Waals surface area contributed by atoms with Crippen LogP contribution < -0.4 is 0 Å². The molecule has 3 heteroatoms. The van der Waals surface area contributed by atoms with E-state index in [4.69, 9.17) is 0 Å². The summed E-state index contributed by atoms with van der Waals surface area (Å²) in [5.74, 6) is 0.719. The van der Waals surface area contributed by atoms with Gasteiger partial charge in [0.25, 0.3) is 0 Å². The van der Waals surface area contributed by atoms with Crippen molar-refractivity contribution in [3.8, 4) is 0 Å². The van der Waals surface area contributed by atoms with Crippen LogP contribution in [0.25, 0.3) is 0 Å². The van der Waals surface area contributed by atoms with Crippen LogP contribution in [-0.2, 0) is 0 Å². The van der Waals surface area contributed by atoms with E-state index in [1.807, 2.05) is 0 Å². The predicted molar refractivity (Wildman–Crippen MR) is 77.4 cm³/mol. The third kappa shape index (κ3) is 7.64. The van der Waals surface area contributed by atoms with E-state index in [-0.39, 0.29) is 0 Å². The van der Waals surface area contributed by atoms with Gasteiger partial charge < -0.3 is 9.80 Å². The Kier molecular flexibility index (Phi) is 7.87. The molecule has 0 N–H and O–H groups in total. The molecule has 2 nitrogen and oxygen atoms in total. The van der Waals surface area contributed by atoms with Crippen molar-refractivity contribution in [2.75, 3.05) is 46.1 Å². The first-order valence-corrected chi connectivity index (χ1v) is 7.28. The molecule has 0 rings (SSSR count). The van der Waals surface area contributed by atoms with Gasteiger partial charge in [0.2, 0.25) is 0 Å². The molecule has 0 saturated heterocycles. The fraction of sp³-hybridized carbons (Fsp3) is 1.00. The molecule has 1 unspecified atom stereocenters. The van der Waals surface area contributed by atoms with Crippen molar-refractivity contribution >= 4 is 15.9 Å². The van der Waals surface area contributed by atoms with E-state index in [0.717, 1.165) is 11.2 Å². The van der Waals surface area contributed by atoms with E-state index in [1.165, 1.54) is 26.1 Å². The van der Waals surface area contributed by atoms with Gasteiger partial charge >= 0.3 is 0 Å². The Morgan fingerprint density at radius 1 is 1.06 bits per heavy atom. The van der Waals surface area contributed by atoms with Gasteiger partial charge in [0.1, 0.15) is 0 Å². The normalized spacial score (nSPS) is 14.8. The second-order valence-corrected chi connectivity index (χ2v) is 6.78. The number of hydrogen-bond acceptors (Lipinski definition) is 2. The van der Waals surface area contributed by atoms with Crippen LogP contribution in [0.2, 0.25) is 0 Å². The number of hydrogen-bond donors (Lipinski definition) is 0. The summed E-state index contributed by atoms with van der Waals surface area (Å²) in [6.45, 7) is 10.5. The Labute approximate surface area is 111 Å². The maximum atomic E-state index is 3.64. The smallest absolute Gasteiger partial charge is 0.00768 e. The molecule has 16 heavy (non-hydrogen) atoms. The maximum Gasteiger partial charge on any atom is 0.00768 e. The lowest BCUT2D eigenvalue weighted by Crippen LogP contribution is -2.35. The second kappa shape index (κ2) is 7.67. The molecule has 1 atom stereocenters. The van der Waals surface area contributed by atoms with Crippen LogP contribution in [0, 0.1) is 11.3 Å². The van der Waals surface area contributed by atoms with E-state index in [2.05, 4.69) is 67.6 Å². The van der Waals surface area contributed by atoms with Crippen LogP contribution in [0.15, 0.2) is 0 Å². The molecule has 0 fully saturated rings. The molecule has 0 amide bonds. The fourth-order valence-corrected chi connectivity index (χ4v) is 2.85. The van der Waals surface area contributed by atoms with Crippen molar-refractivity contribution in [2.24, 2.45) is 11.3 Å². The van der Waals surface area contributed by atoms with Crippen LogP contribution in [0.1, 0.15) is 27.2 Å². The molecule has 0 heterocycles. The molecule has 98 valence electrons. The summed E-state index contributed by atoms with van der Waals surface area (Å²) in [6.07, 6.45) is 1.25.